The quantitative estimate of drug-likeness (QED) is 0.765. The van der Waals surface area contributed by atoms with Crippen molar-refractivity contribution in [3.05, 3.63) is 30.1 Å². The molecule has 2 aromatic heterocycles. The normalized spacial score (nSPS) is 10.9. The zero-order chi connectivity index (χ0) is 12.1. The highest BCUT2D eigenvalue weighted by Gasteiger charge is 2.05. The summed E-state index contributed by atoms with van der Waals surface area (Å²) in [6.07, 6.45) is 7.77. The van der Waals surface area contributed by atoms with Gasteiger partial charge in [0.25, 0.3) is 0 Å². The zero-order valence-corrected chi connectivity index (χ0v) is 11.5. The molecule has 0 unspecified atom stereocenters. The molecular formula is C11H16BrN5. The van der Waals surface area contributed by atoms with E-state index in [9.17, 15) is 0 Å². The molecule has 2 heterocycles. The lowest BCUT2D eigenvalue weighted by molar-refractivity contribution is 0.583. The smallest absolute Gasteiger partial charge is 0.0948 e. The van der Waals surface area contributed by atoms with Crippen LogP contribution in [0.15, 0.2) is 18.7 Å². The Kier molecular flexibility index (Phi) is 4.30. The number of alkyl halides is 1. The number of imidazole rings is 1. The van der Waals surface area contributed by atoms with Crippen molar-refractivity contribution in [3.63, 3.8) is 0 Å². The molecule has 0 fully saturated rings. The van der Waals surface area contributed by atoms with Gasteiger partial charge in [0, 0.05) is 24.5 Å². The Hall–Kier alpha value is -1.17. The summed E-state index contributed by atoms with van der Waals surface area (Å²) >= 11 is 3.40. The zero-order valence-electron chi connectivity index (χ0n) is 9.88. The van der Waals surface area contributed by atoms with Gasteiger partial charge in [-0.15, -0.1) is 5.10 Å². The van der Waals surface area contributed by atoms with Crippen LogP contribution in [0.25, 0.3) is 0 Å². The topological polar surface area (TPSA) is 48.5 Å². The molecule has 6 heteroatoms. The van der Waals surface area contributed by atoms with Crippen molar-refractivity contribution in [2.45, 2.75) is 32.9 Å². The van der Waals surface area contributed by atoms with E-state index < -0.39 is 0 Å². The summed E-state index contributed by atoms with van der Waals surface area (Å²) in [7, 11) is 0. The van der Waals surface area contributed by atoms with Gasteiger partial charge in [0.2, 0.25) is 0 Å². The first-order valence-corrected chi connectivity index (χ1v) is 6.89. The first-order chi connectivity index (χ1) is 8.33. The first-order valence-electron chi connectivity index (χ1n) is 5.77. The van der Waals surface area contributed by atoms with Crippen LogP contribution in [0.1, 0.15) is 24.7 Å². The molecule has 0 spiro atoms. The molecule has 0 bridgehead atoms. The predicted octanol–water partition coefficient (Wildman–Crippen LogP) is 1.87. The molecule has 0 N–H and O–H groups in total. The third-order valence-corrected chi connectivity index (χ3v) is 2.92. The summed E-state index contributed by atoms with van der Waals surface area (Å²) in [6, 6.07) is 0. The molecule has 0 aromatic carbocycles. The average molecular weight is 298 g/mol. The van der Waals surface area contributed by atoms with Gasteiger partial charge in [0.15, 0.2) is 0 Å². The summed E-state index contributed by atoms with van der Waals surface area (Å²) in [5.74, 6) is 0. The Morgan fingerprint density at radius 2 is 2.29 bits per heavy atom. The van der Waals surface area contributed by atoms with E-state index >= 15 is 0 Å². The van der Waals surface area contributed by atoms with Crippen molar-refractivity contribution in [2.24, 2.45) is 0 Å². The lowest BCUT2D eigenvalue weighted by atomic mass is 10.4. The number of hydrogen-bond donors (Lipinski definition) is 0. The van der Waals surface area contributed by atoms with E-state index in [0.717, 1.165) is 37.0 Å². The lowest BCUT2D eigenvalue weighted by Gasteiger charge is -2.05. The minimum atomic E-state index is 0.731. The van der Waals surface area contributed by atoms with Crippen LogP contribution < -0.4 is 0 Å². The van der Waals surface area contributed by atoms with Crippen LogP contribution in [0.3, 0.4) is 0 Å². The van der Waals surface area contributed by atoms with Gasteiger partial charge in [-0.25, -0.2) is 9.67 Å². The van der Waals surface area contributed by atoms with E-state index in [1.165, 1.54) is 5.69 Å². The standard InChI is InChI=1S/C11H16BrN5/c1-2-5-16-9-13-6-11(16)8-17-7-10(3-4-12)14-15-17/h6-7,9H,2-5,8H2,1H3. The van der Waals surface area contributed by atoms with Crippen molar-refractivity contribution >= 4 is 15.9 Å². The van der Waals surface area contributed by atoms with E-state index in [1.807, 2.05) is 23.4 Å². The maximum absolute atomic E-state index is 4.17. The fraction of sp³-hybridized carbons (Fsp3) is 0.545. The minimum absolute atomic E-state index is 0.731. The monoisotopic (exact) mass is 297 g/mol. The van der Waals surface area contributed by atoms with Crippen LogP contribution in [0, 0.1) is 0 Å². The van der Waals surface area contributed by atoms with E-state index in [4.69, 9.17) is 0 Å². The summed E-state index contributed by atoms with van der Waals surface area (Å²) in [5, 5.41) is 9.15. The molecule has 5 nitrogen and oxygen atoms in total. The Morgan fingerprint density at radius 1 is 1.41 bits per heavy atom. The van der Waals surface area contributed by atoms with Crippen LogP contribution in [-0.4, -0.2) is 29.9 Å². The van der Waals surface area contributed by atoms with Crippen molar-refractivity contribution in [3.8, 4) is 0 Å². The highest BCUT2D eigenvalue weighted by molar-refractivity contribution is 9.09. The van der Waals surface area contributed by atoms with E-state index in [2.05, 4.69) is 42.7 Å². The third-order valence-electron chi connectivity index (χ3n) is 2.52. The minimum Gasteiger partial charge on any atom is -0.333 e. The molecule has 17 heavy (non-hydrogen) atoms. The van der Waals surface area contributed by atoms with Crippen molar-refractivity contribution in [1.82, 2.24) is 24.5 Å². The van der Waals surface area contributed by atoms with Crippen LogP contribution >= 0.6 is 15.9 Å². The number of hydrogen-bond acceptors (Lipinski definition) is 3. The summed E-state index contributed by atoms with van der Waals surface area (Å²) < 4.78 is 4.02. The van der Waals surface area contributed by atoms with Gasteiger partial charge in [-0.2, -0.15) is 0 Å². The SMILES string of the molecule is CCCn1cncc1Cn1cc(CCBr)nn1. The van der Waals surface area contributed by atoms with Crippen LogP contribution in [0.4, 0.5) is 0 Å². The van der Waals surface area contributed by atoms with Gasteiger partial charge in [-0.05, 0) is 6.42 Å². The van der Waals surface area contributed by atoms with E-state index in [0.29, 0.717) is 0 Å². The Labute approximate surface area is 109 Å². The lowest BCUT2D eigenvalue weighted by Crippen LogP contribution is -2.07. The van der Waals surface area contributed by atoms with Crippen LogP contribution in [-0.2, 0) is 19.5 Å². The van der Waals surface area contributed by atoms with E-state index in [1.54, 1.807) is 0 Å². The molecule has 0 aliphatic rings. The van der Waals surface area contributed by atoms with Crippen molar-refractivity contribution in [2.75, 3.05) is 5.33 Å². The molecule has 0 saturated carbocycles. The Morgan fingerprint density at radius 3 is 3.06 bits per heavy atom. The second-order valence-electron chi connectivity index (χ2n) is 3.92. The maximum atomic E-state index is 4.17. The molecule has 0 radical (unpaired) electrons. The molecule has 0 atom stereocenters. The van der Waals surface area contributed by atoms with Crippen molar-refractivity contribution < 1.29 is 0 Å². The van der Waals surface area contributed by atoms with Crippen molar-refractivity contribution in [1.29, 1.82) is 0 Å². The molecule has 0 amide bonds. The molecule has 92 valence electrons. The number of rotatable bonds is 6. The summed E-state index contributed by atoms with van der Waals surface area (Å²) in [4.78, 5) is 4.17. The molecular weight excluding hydrogens is 282 g/mol. The number of aromatic nitrogens is 5. The molecule has 0 aliphatic carbocycles. The fourth-order valence-corrected chi connectivity index (χ4v) is 2.12. The predicted molar refractivity (Wildman–Crippen MR) is 69.1 cm³/mol. The number of nitrogens with zero attached hydrogens (tertiary/aromatic N) is 5. The fourth-order valence-electron chi connectivity index (χ4n) is 1.72. The molecule has 0 aliphatic heterocycles. The molecule has 2 rings (SSSR count). The Balaban J connectivity index is 2.05. The second kappa shape index (κ2) is 5.95. The molecule has 0 saturated heterocycles. The number of aryl methyl sites for hydroxylation is 2. The largest absolute Gasteiger partial charge is 0.333 e. The summed E-state index contributed by atoms with van der Waals surface area (Å²) in [6.45, 7) is 3.89. The first kappa shape index (κ1) is 12.3. The van der Waals surface area contributed by atoms with Gasteiger partial charge in [0.1, 0.15) is 0 Å². The number of halogens is 1. The van der Waals surface area contributed by atoms with Crippen LogP contribution in [0.2, 0.25) is 0 Å². The van der Waals surface area contributed by atoms with Gasteiger partial charge in [0.05, 0.1) is 30.5 Å². The average Bonchev–Trinajstić information content (AvgIpc) is 2.91. The van der Waals surface area contributed by atoms with Gasteiger partial charge < -0.3 is 4.57 Å². The molecule has 2 aromatic rings. The summed E-state index contributed by atoms with van der Waals surface area (Å²) in [5.41, 5.74) is 2.19. The van der Waals surface area contributed by atoms with Gasteiger partial charge >= 0.3 is 0 Å². The van der Waals surface area contributed by atoms with Gasteiger partial charge in [-0.1, -0.05) is 28.1 Å². The Bertz CT molecular complexity index is 462. The maximum Gasteiger partial charge on any atom is 0.0948 e. The third kappa shape index (κ3) is 3.15. The van der Waals surface area contributed by atoms with Gasteiger partial charge in [-0.3, -0.25) is 0 Å². The highest BCUT2D eigenvalue weighted by atomic mass is 79.9. The van der Waals surface area contributed by atoms with E-state index in [-0.39, 0.29) is 0 Å². The van der Waals surface area contributed by atoms with Crippen LogP contribution in [0.5, 0.6) is 0 Å². The second-order valence-corrected chi connectivity index (χ2v) is 4.72. The highest BCUT2D eigenvalue weighted by Crippen LogP contribution is 2.04.